The summed E-state index contributed by atoms with van der Waals surface area (Å²) in [4.78, 5) is 0. The van der Waals surface area contributed by atoms with Gasteiger partial charge in [-0.25, -0.2) is 0 Å². The summed E-state index contributed by atoms with van der Waals surface area (Å²) < 4.78 is 22.1. The Morgan fingerprint density at radius 1 is 0.895 bits per heavy atom. The summed E-state index contributed by atoms with van der Waals surface area (Å²) in [5, 5.41) is 3.87. The molecule has 0 aromatic heterocycles. The van der Waals surface area contributed by atoms with Crippen LogP contribution in [0.5, 0.6) is 23.0 Å². The van der Waals surface area contributed by atoms with Crippen LogP contribution in [0.3, 0.4) is 0 Å². The van der Waals surface area contributed by atoms with E-state index >= 15 is 0 Å². The zero-order valence-corrected chi connectivity index (χ0v) is 24.5. The van der Waals surface area contributed by atoms with Crippen LogP contribution in [0.4, 0.5) is 0 Å². The standard InChI is InChI=1S/C33H47NO4/c1-8-9-10-19-33(24(2)3,27-15-17-30(36-5)32(23-27)38-7)26-12-11-13-28(22-26)34-20-18-25-14-16-29(35-4)31(21-25)37-6/h14-17,21,23-24,26,28,34H,8-9,11-13,18,20,22H2,1-7H3. The summed E-state index contributed by atoms with van der Waals surface area (Å²) in [7, 11) is 6.75. The molecule has 0 radical (unpaired) electrons. The van der Waals surface area contributed by atoms with Crippen molar-refractivity contribution in [1.29, 1.82) is 0 Å². The number of hydrogen-bond acceptors (Lipinski definition) is 5. The molecule has 208 valence electrons. The van der Waals surface area contributed by atoms with Gasteiger partial charge in [-0.2, -0.15) is 0 Å². The van der Waals surface area contributed by atoms with Crippen LogP contribution < -0.4 is 24.3 Å². The number of methoxy groups -OCH3 is 4. The fourth-order valence-electron chi connectivity index (χ4n) is 6.03. The minimum atomic E-state index is -0.238. The van der Waals surface area contributed by atoms with Gasteiger partial charge in [0.15, 0.2) is 23.0 Å². The number of unbranched alkanes of at least 4 members (excludes halogenated alkanes) is 1. The molecule has 1 N–H and O–H groups in total. The molecule has 1 aliphatic rings. The van der Waals surface area contributed by atoms with Crippen LogP contribution in [0.1, 0.15) is 70.4 Å². The molecule has 5 heteroatoms. The van der Waals surface area contributed by atoms with Crippen LogP contribution in [-0.2, 0) is 11.8 Å². The molecule has 5 nitrogen and oxygen atoms in total. The quantitative estimate of drug-likeness (QED) is 0.311. The highest BCUT2D eigenvalue weighted by molar-refractivity contribution is 5.49. The predicted molar refractivity (Wildman–Crippen MR) is 156 cm³/mol. The third-order valence-corrected chi connectivity index (χ3v) is 8.05. The van der Waals surface area contributed by atoms with Crippen molar-refractivity contribution in [2.75, 3.05) is 35.0 Å². The molecule has 0 bridgehead atoms. The predicted octanol–water partition coefficient (Wildman–Crippen LogP) is 6.81. The van der Waals surface area contributed by atoms with Gasteiger partial charge in [-0.1, -0.05) is 45.2 Å². The zero-order chi connectivity index (χ0) is 27.5. The highest BCUT2D eigenvalue weighted by Crippen LogP contribution is 2.47. The number of nitrogens with one attached hydrogen (secondary N) is 1. The van der Waals surface area contributed by atoms with Crippen LogP contribution in [0.15, 0.2) is 36.4 Å². The van der Waals surface area contributed by atoms with E-state index in [4.69, 9.17) is 18.9 Å². The van der Waals surface area contributed by atoms with E-state index in [9.17, 15) is 0 Å². The Kier molecular flexibility index (Phi) is 11.2. The van der Waals surface area contributed by atoms with Crippen molar-refractivity contribution in [2.24, 2.45) is 11.8 Å². The molecule has 1 fully saturated rings. The van der Waals surface area contributed by atoms with Crippen LogP contribution in [0.25, 0.3) is 0 Å². The lowest BCUT2D eigenvalue weighted by molar-refractivity contribution is 0.174. The lowest BCUT2D eigenvalue weighted by Crippen LogP contribution is -2.45. The minimum absolute atomic E-state index is 0.238. The van der Waals surface area contributed by atoms with Gasteiger partial charge in [-0.15, -0.1) is 5.92 Å². The van der Waals surface area contributed by atoms with E-state index in [1.54, 1.807) is 28.4 Å². The highest BCUT2D eigenvalue weighted by atomic mass is 16.5. The van der Waals surface area contributed by atoms with Crippen molar-refractivity contribution in [3.05, 3.63) is 47.5 Å². The maximum absolute atomic E-state index is 5.71. The summed E-state index contributed by atoms with van der Waals surface area (Å²) >= 11 is 0. The van der Waals surface area contributed by atoms with E-state index in [2.05, 4.69) is 62.2 Å². The zero-order valence-electron chi connectivity index (χ0n) is 24.5. The van der Waals surface area contributed by atoms with E-state index in [-0.39, 0.29) is 5.41 Å². The molecule has 0 saturated heterocycles. The van der Waals surface area contributed by atoms with Crippen molar-refractivity contribution in [3.8, 4) is 34.8 Å². The van der Waals surface area contributed by atoms with Crippen molar-refractivity contribution in [2.45, 2.75) is 77.2 Å². The summed E-state index contributed by atoms with van der Waals surface area (Å²) in [5.74, 6) is 11.3. The van der Waals surface area contributed by atoms with Gasteiger partial charge >= 0.3 is 0 Å². The topological polar surface area (TPSA) is 49.0 Å². The summed E-state index contributed by atoms with van der Waals surface area (Å²) in [5.41, 5.74) is 2.25. The first-order valence-corrected chi connectivity index (χ1v) is 14.1. The molecule has 1 aliphatic carbocycles. The second-order valence-electron chi connectivity index (χ2n) is 10.6. The third kappa shape index (κ3) is 6.77. The molecule has 3 rings (SSSR count). The van der Waals surface area contributed by atoms with Crippen molar-refractivity contribution in [3.63, 3.8) is 0 Å². The van der Waals surface area contributed by atoms with Gasteiger partial charge in [0, 0.05) is 12.5 Å². The average molecular weight is 522 g/mol. The molecule has 38 heavy (non-hydrogen) atoms. The normalized spacial score (nSPS) is 18.7. The Labute approximate surface area is 230 Å². The van der Waals surface area contributed by atoms with Crippen LogP contribution in [0.2, 0.25) is 0 Å². The van der Waals surface area contributed by atoms with Crippen molar-refractivity contribution >= 4 is 0 Å². The van der Waals surface area contributed by atoms with E-state index in [1.807, 2.05) is 12.1 Å². The summed E-state index contributed by atoms with van der Waals surface area (Å²) in [6, 6.07) is 13.1. The monoisotopic (exact) mass is 521 g/mol. The van der Waals surface area contributed by atoms with E-state index in [0.29, 0.717) is 17.9 Å². The second kappa shape index (κ2) is 14.4. The fraction of sp³-hybridized carbons (Fsp3) is 0.576. The lowest BCUT2D eigenvalue weighted by atomic mass is 9.59. The Morgan fingerprint density at radius 2 is 1.55 bits per heavy atom. The number of hydrogen-bond donors (Lipinski definition) is 1. The third-order valence-electron chi connectivity index (χ3n) is 8.05. The van der Waals surface area contributed by atoms with Gasteiger partial charge in [0.05, 0.1) is 33.9 Å². The molecule has 2 aromatic rings. The van der Waals surface area contributed by atoms with Gasteiger partial charge < -0.3 is 24.3 Å². The highest BCUT2D eigenvalue weighted by Gasteiger charge is 2.44. The smallest absolute Gasteiger partial charge is 0.161 e. The molecule has 0 amide bonds. The van der Waals surface area contributed by atoms with Crippen LogP contribution >= 0.6 is 0 Å². The Morgan fingerprint density at radius 3 is 2.18 bits per heavy atom. The molecule has 0 aliphatic heterocycles. The van der Waals surface area contributed by atoms with E-state index in [1.165, 1.54) is 30.4 Å². The molecule has 0 heterocycles. The van der Waals surface area contributed by atoms with Gasteiger partial charge in [-0.05, 0) is 85.9 Å². The average Bonchev–Trinajstić information content (AvgIpc) is 2.95. The molecule has 1 saturated carbocycles. The molecule has 0 spiro atoms. The van der Waals surface area contributed by atoms with Crippen LogP contribution in [-0.4, -0.2) is 41.0 Å². The second-order valence-corrected chi connectivity index (χ2v) is 10.6. The molecular formula is C33H47NO4. The molecule has 2 aromatic carbocycles. The first-order valence-electron chi connectivity index (χ1n) is 14.1. The van der Waals surface area contributed by atoms with Crippen LogP contribution in [0, 0.1) is 23.7 Å². The largest absolute Gasteiger partial charge is 0.493 e. The van der Waals surface area contributed by atoms with E-state index < -0.39 is 0 Å². The summed E-state index contributed by atoms with van der Waals surface area (Å²) in [6.07, 6.45) is 7.63. The van der Waals surface area contributed by atoms with Crippen molar-refractivity contribution < 1.29 is 18.9 Å². The van der Waals surface area contributed by atoms with Crippen molar-refractivity contribution in [1.82, 2.24) is 5.32 Å². The maximum Gasteiger partial charge on any atom is 0.161 e. The van der Waals surface area contributed by atoms with E-state index in [0.717, 1.165) is 55.2 Å². The lowest BCUT2D eigenvalue weighted by Gasteiger charge is -2.45. The Hall–Kier alpha value is -2.84. The fourth-order valence-corrected chi connectivity index (χ4v) is 6.03. The van der Waals surface area contributed by atoms with Gasteiger partial charge in [0.1, 0.15) is 0 Å². The molecular weight excluding hydrogens is 474 g/mol. The van der Waals surface area contributed by atoms with Gasteiger partial charge in [-0.3, -0.25) is 0 Å². The maximum atomic E-state index is 5.71. The number of ether oxygens (including phenoxy) is 4. The number of rotatable bonds is 12. The summed E-state index contributed by atoms with van der Waals surface area (Å²) in [6.45, 7) is 7.78. The molecule has 3 unspecified atom stereocenters. The molecule has 3 atom stereocenters. The SMILES string of the molecule is CCCC#CC(c1ccc(OC)c(OC)c1)(C(C)C)C1CCCC(NCCc2ccc(OC)c(OC)c2)C1. The van der Waals surface area contributed by atoms with Gasteiger partial charge in [0.25, 0.3) is 0 Å². The number of benzene rings is 2. The first-order chi connectivity index (χ1) is 18.4. The van der Waals surface area contributed by atoms with Gasteiger partial charge in [0.2, 0.25) is 0 Å². The Balaban J connectivity index is 1.82. The minimum Gasteiger partial charge on any atom is -0.493 e. The Bertz CT molecular complexity index is 1090. The first kappa shape index (κ1) is 29.7.